The molecule has 1 saturated heterocycles. The SMILES string of the molecule is CC[C@@]12C=C(C(=O)OCc3ccccc3)n3c4c(c5ccc(NC(=O)C(F)(F)F)cc53)CCN(CCC1)[C@H]42. The number of aromatic nitrogens is 1. The molecule has 3 aliphatic rings. The molecule has 0 bridgehead atoms. The van der Waals surface area contributed by atoms with E-state index in [4.69, 9.17) is 4.74 Å². The van der Waals surface area contributed by atoms with Gasteiger partial charge in [-0.3, -0.25) is 9.69 Å². The molecule has 1 fully saturated rings. The summed E-state index contributed by atoms with van der Waals surface area (Å²) in [6.45, 7) is 4.10. The third-order valence-corrected chi connectivity index (χ3v) is 8.28. The van der Waals surface area contributed by atoms with E-state index >= 15 is 0 Å². The standard InChI is InChI=1S/C29H28F3N3O3/c1-2-28-12-6-13-34-14-11-21-20-10-9-19(33-27(37)29(30,31)32)15-22(20)35(24(21)25(28)34)23(16-28)26(36)38-17-18-7-4-3-5-8-18/h3-5,7-10,15-16,25H,2,6,11-14,17H2,1H3,(H,33,37)/t25-,28+/m1/s1. The fraction of sp³-hybridized carbons (Fsp3) is 0.379. The number of fused-ring (bicyclic) bond motifs is 3. The van der Waals surface area contributed by atoms with Crippen LogP contribution in [0.25, 0.3) is 16.6 Å². The molecule has 38 heavy (non-hydrogen) atoms. The third kappa shape index (κ3) is 3.91. The third-order valence-electron chi connectivity index (χ3n) is 8.28. The first-order chi connectivity index (χ1) is 18.2. The number of amides is 1. The molecule has 2 aromatic carbocycles. The number of ether oxygens (including phenoxy) is 1. The molecule has 0 spiro atoms. The predicted molar refractivity (Wildman–Crippen MR) is 137 cm³/mol. The highest BCUT2D eigenvalue weighted by atomic mass is 19.4. The van der Waals surface area contributed by atoms with Gasteiger partial charge in [-0.15, -0.1) is 0 Å². The van der Waals surface area contributed by atoms with Gasteiger partial charge in [0.25, 0.3) is 0 Å². The van der Waals surface area contributed by atoms with Crippen LogP contribution in [0.2, 0.25) is 0 Å². The molecule has 0 aliphatic carbocycles. The van der Waals surface area contributed by atoms with Crippen molar-refractivity contribution in [3.05, 3.63) is 71.4 Å². The summed E-state index contributed by atoms with van der Waals surface area (Å²) in [5.74, 6) is -2.51. The molecule has 6 nitrogen and oxygen atoms in total. The fourth-order valence-electron chi connectivity index (χ4n) is 6.55. The zero-order valence-corrected chi connectivity index (χ0v) is 21.0. The van der Waals surface area contributed by atoms with E-state index < -0.39 is 18.1 Å². The Kier molecular flexibility index (Phi) is 5.86. The van der Waals surface area contributed by atoms with Crippen molar-refractivity contribution in [2.45, 2.75) is 51.4 Å². The van der Waals surface area contributed by atoms with Crippen molar-refractivity contribution in [3.8, 4) is 0 Å². The number of halogens is 3. The first-order valence-corrected chi connectivity index (χ1v) is 13.0. The number of carbonyl (C=O) groups is 2. The van der Waals surface area contributed by atoms with E-state index in [-0.39, 0.29) is 23.8 Å². The van der Waals surface area contributed by atoms with E-state index in [9.17, 15) is 22.8 Å². The first-order valence-electron chi connectivity index (χ1n) is 13.0. The summed E-state index contributed by atoms with van der Waals surface area (Å²) < 4.78 is 46.5. The van der Waals surface area contributed by atoms with Crippen LogP contribution in [-0.2, 0) is 27.4 Å². The number of nitrogens with one attached hydrogen (secondary N) is 1. The van der Waals surface area contributed by atoms with E-state index in [2.05, 4.69) is 11.8 Å². The van der Waals surface area contributed by atoms with Crippen LogP contribution in [0.4, 0.5) is 18.9 Å². The van der Waals surface area contributed by atoms with Gasteiger partial charge in [0.15, 0.2) is 0 Å². The number of esters is 1. The van der Waals surface area contributed by atoms with Gasteiger partial charge in [-0.05, 0) is 61.6 Å². The minimum absolute atomic E-state index is 0.0238. The molecule has 3 aliphatic heterocycles. The molecule has 1 N–H and O–H groups in total. The van der Waals surface area contributed by atoms with Crippen LogP contribution >= 0.6 is 0 Å². The summed E-state index contributed by atoms with van der Waals surface area (Å²) in [5, 5.41) is 2.84. The van der Waals surface area contributed by atoms with Crippen molar-refractivity contribution in [2.24, 2.45) is 5.41 Å². The monoisotopic (exact) mass is 523 g/mol. The van der Waals surface area contributed by atoms with Gasteiger partial charge >= 0.3 is 18.1 Å². The minimum Gasteiger partial charge on any atom is -0.456 e. The van der Waals surface area contributed by atoms with Crippen molar-refractivity contribution in [1.82, 2.24) is 9.47 Å². The van der Waals surface area contributed by atoms with Crippen LogP contribution < -0.4 is 5.32 Å². The van der Waals surface area contributed by atoms with Crippen LogP contribution in [0.15, 0.2) is 54.6 Å². The number of hydrogen-bond donors (Lipinski definition) is 1. The number of alkyl halides is 3. The van der Waals surface area contributed by atoms with Gasteiger partial charge < -0.3 is 14.6 Å². The minimum atomic E-state index is -5.00. The Morgan fingerprint density at radius 3 is 2.66 bits per heavy atom. The smallest absolute Gasteiger partial charge is 0.456 e. The van der Waals surface area contributed by atoms with Crippen LogP contribution in [-0.4, -0.2) is 40.6 Å². The Labute approximate surface area is 218 Å². The number of piperidine rings is 1. The fourth-order valence-corrected chi connectivity index (χ4v) is 6.55. The Hall–Kier alpha value is -3.59. The molecule has 2 atom stereocenters. The number of anilines is 1. The lowest BCUT2D eigenvalue weighted by Gasteiger charge is -2.53. The molecular formula is C29H28F3N3O3. The Morgan fingerprint density at radius 2 is 1.92 bits per heavy atom. The Morgan fingerprint density at radius 1 is 1.13 bits per heavy atom. The van der Waals surface area contributed by atoms with Crippen molar-refractivity contribution < 1.29 is 27.5 Å². The van der Waals surface area contributed by atoms with Crippen molar-refractivity contribution in [2.75, 3.05) is 18.4 Å². The van der Waals surface area contributed by atoms with E-state index in [1.54, 1.807) is 6.07 Å². The van der Waals surface area contributed by atoms with Gasteiger partial charge in [-0.1, -0.05) is 43.3 Å². The zero-order valence-electron chi connectivity index (χ0n) is 21.0. The van der Waals surface area contributed by atoms with Crippen LogP contribution in [0.1, 0.15) is 49.0 Å². The molecule has 1 aromatic heterocycles. The van der Waals surface area contributed by atoms with Crippen molar-refractivity contribution in [3.63, 3.8) is 0 Å². The highest BCUT2D eigenvalue weighted by Crippen LogP contribution is 2.57. The lowest BCUT2D eigenvalue weighted by atomic mass is 9.66. The van der Waals surface area contributed by atoms with E-state index in [0.717, 1.165) is 61.0 Å². The van der Waals surface area contributed by atoms with Gasteiger partial charge in [-0.25, -0.2) is 4.79 Å². The number of hydrogen-bond acceptors (Lipinski definition) is 4. The number of nitrogens with zero attached hydrogens (tertiary/aromatic N) is 2. The van der Waals surface area contributed by atoms with Crippen LogP contribution in [0.5, 0.6) is 0 Å². The Balaban J connectivity index is 1.49. The molecule has 9 heteroatoms. The van der Waals surface area contributed by atoms with Gasteiger partial charge in [0.2, 0.25) is 0 Å². The molecule has 1 amide bonds. The second-order valence-corrected chi connectivity index (χ2v) is 10.4. The van der Waals surface area contributed by atoms with E-state index in [0.29, 0.717) is 11.2 Å². The molecule has 4 heterocycles. The second kappa shape index (κ2) is 9.01. The maximum Gasteiger partial charge on any atom is 0.471 e. The van der Waals surface area contributed by atoms with Crippen LogP contribution in [0.3, 0.4) is 0 Å². The van der Waals surface area contributed by atoms with E-state index in [1.807, 2.05) is 46.3 Å². The molecule has 6 rings (SSSR count). The van der Waals surface area contributed by atoms with Gasteiger partial charge in [-0.2, -0.15) is 13.2 Å². The number of rotatable bonds is 5. The average Bonchev–Trinajstić information content (AvgIpc) is 3.25. The first kappa shape index (κ1) is 24.7. The molecule has 3 aromatic rings. The molecular weight excluding hydrogens is 495 g/mol. The zero-order chi connectivity index (χ0) is 26.7. The molecule has 0 unspecified atom stereocenters. The lowest BCUT2D eigenvalue weighted by molar-refractivity contribution is -0.167. The maximum absolute atomic E-state index is 13.7. The lowest BCUT2D eigenvalue weighted by Crippen LogP contribution is -2.51. The number of carbonyl (C=O) groups excluding carboxylic acids is 2. The second-order valence-electron chi connectivity index (χ2n) is 10.4. The maximum atomic E-state index is 13.7. The Bertz CT molecular complexity index is 1460. The van der Waals surface area contributed by atoms with Gasteiger partial charge in [0.1, 0.15) is 12.3 Å². The van der Waals surface area contributed by atoms with Crippen LogP contribution in [0, 0.1) is 5.41 Å². The quantitative estimate of drug-likeness (QED) is 0.428. The molecule has 198 valence electrons. The summed E-state index contributed by atoms with van der Waals surface area (Å²) in [4.78, 5) is 27.8. The molecule has 0 saturated carbocycles. The summed E-state index contributed by atoms with van der Waals surface area (Å²) in [5.41, 5.74) is 3.74. The highest BCUT2D eigenvalue weighted by Gasteiger charge is 2.51. The number of benzene rings is 2. The normalized spacial score (nSPS) is 22.5. The van der Waals surface area contributed by atoms with Gasteiger partial charge in [0.05, 0.1) is 11.6 Å². The van der Waals surface area contributed by atoms with Crippen molar-refractivity contribution in [1.29, 1.82) is 0 Å². The summed E-state index contributed by atoms with van der Waals surface area (Å²) in [6.07, 6.45) is 0.620. The highest BCUT2D eigenvalue weighted by molar-refractivity contribution is 6.13. The summed E-state index contributed by atoms with van der Waals surface area (Å²) in [7, 11) is 0. The molecule has 0 radical (unpaired) electrons. The summed E-state index contributed by atoms with van der Waals surface area (Å²) >= 11 is 0. The largest absolute Gasteiger partial charge is 0.471 e. The summed E-state index contributed by atoms with van der Waals surface area (Å²) in [6, 6.07) is 14.3. The topological polar surface area (TPSA) is 63.6 Å². The van der Waals surface area contributed by atoms with E-state index in [1.165, 1.54) is 12.1 Å². The van der Waals surface area contributed by atoms with Gasteiger partial charge in [0, 0.05) is 28.7 Å². The predicted octanol–water partition coefficient (Wildman–Crippen LogP) is 5.83. The average molecular weight is 524 g/mol. The van der Waals surface area contributed by atoms with Crippen molar-refractivity contribution >= 4 is 34.2 Å².